The van der Waals surface area contributed by atoms with E-state index in [1.807, 2.05) is 18.2 Å². The second-order valence-electron chi connectivity index (χ2n) is 5.63. The normalized spacial score (nSPS) is 10.9. The van der Waals surface area contributed by atoms with Crippen molar-refractivity contribution in [1.82, 2.24) is 9.38 Å². The third-order valence-corrected chi connectivity index (χ3v) is 4.69. The highest BCUT2D eigenvalue weighted by molar-refractivity contribution is 7.15. The molecule has 0 spiro atoms. The van der Waals surface area contributed by atoms with E-state index in [1.54, 1.807) is 41.1 Å². The maximum atomic E-state index is 12.1. The zero-order chi connectivity index (χ0) is 18.8. The van der Waals surface area contributed by atoms with Gasteiger partial charge in [0, 0.05) is 22.8 Å². The van der Waals surface area contributed by atoms with Crippen LogP contribution in [0, 0.1) is 0 Å². The number of anilines is 1. The molecule has 1 N–H and O–H groups in total. The fraction of sp³-hybridized carbons (Fsp3) is 0.105. The van der Waals surface area contributed by atoms with E-state index < -0.39 is 0 Å². The minimum absolute atomic E-state index is 0.238. The van der Waals surface area contributed by atoms with Gasteiger partial charge < -0.3 is 14.5 Å². The van der Waals surface area contributed by atoms with Gasteiger partial charge >= 0.3 is 5.97 Å². The topological polar surface area (TPSA) is 85.8 Å². The van der Waals surface area contributed by atoms with Crippen molar-refractivity contribution in [1.29, 1.82) is 0 Å². The van der Waals surface area contributed by atoms with Crippen molar-refractivity contribution in [2.24, 2.45) is 0 Å². The van der Waals surface area contributed by atoms with Gasteiger partial charge in [0.25, 0.3) is 5.91 Å². The summed E-state index contributed by atoms with van der Waals surface area (Å²) in [6, 6.07) is 10.6. The first kappa shape index (κ1) is 17.0. The Morgan fingerprint density at radius 3 is 2.96 bits per heavy atom. The molecular formula is C19H15N3O4S. The molecule has 0 saturated carbocycles. The molecule has 0 aliphatic carbocycles. The molecule has 1 aromatic carbocycles. The van der Waals surface area contributed by atoms with Crippen LogP contribution in [0.3, 0.4) is 0 Å². The number of hydrogen-bond acceptors (Lipinski definition) is 6. The first-order chi connectivity index (χ1) is 13.2. The van der Waals surface area contributed by atoms with Gasteiger partial charge in [-0.2, -0.15) is 0 Å². The molecule has 136 valence electrons. The standard InChI is InChI=1S/C19H15N3O4S/c1-2-25-18(24)15-11-27-19-21-14(10-22(15)19)12-5-3-6-13(9-12)20-17(23)16-7-4-8-26-16/h3-11H,2H2,1H3,(H,20,23). The molecule has 27 heavy (non-hydrogen) atoms. The van der Waals surface area contributed by atoms with Gasteiger partial charge in [0.05, 0.1) is 18.6 Å². The van der Waals surface area contributed by atoms with Crippen molar-refractivity contribution in [3.63, 3.8) is 0 Å². The molecule has 0 radical (unpaired) electrons. The number of amides is 1. The Balaban J connectivity index is 1.62. The zero-order valence-corrected chi connectivity index (χ0v) is 15.2. The van der Waals surface area contributed by atoms with E-state index in [-0.39, 0.29) is 17.6 Å². The lowest BCUT2D eigenvalue weighted by Crippen LogP contribution is -2.10. The first-order valence-corrected chi connectivity index (χ1v) is 9.12. The van der Waals surface area contributed by atoms with Crippen LogP contribution in [0.5, 0.6) is 0 Å². The number of hydrogen-bond donors (Lipinski definition) is 1. The summed E-state index contributed by atoms with van der Waals surface area (Å²) in [4.78, 5) is 29.4. The number of nitrogens with zero attached hydrogens (tertiary/aromatic N) is 2. The van der Waals surface area contributed by atoms with Gasteiger partial charge in [0.2, 0.25) is 0 Å². The lowest BCUT2D eigenvalue weighted by atomic mass is 10.1. The maximum Gasteiger partial charge on any atom is 0.356 e. The average molecular weight is 381 g/mol. The van der Waals surface area contributed by atoms with Gasteiger partial charge in [-0.25, -0.2) is 9.78 Å². The summed E-state index contributed by atoms with van der Waals surface area (Å²) in [6.07, 6.45) is 3.23. The summed E-state index contributed by atoms with van der Waals surface area (Å²) < 4.78 is 11.9. The average Bonchev–Trinajstić information content (AvgIpc) is 3.39. The molecular weight excluding hydrogens is 366 g/mol. The Morgan fingerprint density at radius 2 is 2.19 bits per heavy atom. The number of benzene rings is 1. The smallest absolute Gasteiger partial charge is 0.356 e. The van der Waals surface area contributed by atoms with Crippen LogP contribution in [0.25, 0.3) is 16.2 Å². The van der Waals surface area contributed by atoms with Crippen molar-refractivity contribution < 1.29 is 18.7 Å². The van der Waals surface area contributed by atoms with Gasteiger partial charge in [-0.3, -0.25) is 9.20 Å². The predicted molar refractivity (Wildman–Crippen MR) is 101 cm³/mol. The van der Waals surface area contributed by atoms with Gasteiger partial charge in [0.1, 0.15) is 5.69 Å². The van der Waals surface area contributed by atoms with Crippen molar-refractivity contribution in [2.45, 2.75) is 6.92 Å². The molecule has 3 heterocycles. The number of thiazole rings is 1. The van der Waals surface area contributed by atoms with Gasteiger partial charge in [-0.1, -0.05) is 12.1 Å². The molecule has 8 heteroatoms. The lowest BCUT2D eigenvalue weighted by Gasteiger charge is -2.05. The van der Waals surface area contributed by atoms with Crippen molar-refractivity contribution in [2.75, 3.05) is 11.9 Å². The maximum absolute atomic E-state index is 12.1. The van der Waals surface area contributed by atoms with E-state index in [0.717, 1.165) is 5.56 Å². The Kier molecular flexibility index (Phi) is 4.47. The van der Waals surface area contributed by atoms with E-state index in [1.165, 1.54) is 17.6 Å². The summed E-state index contributed by atoms with van der Waals surface area (Å²) >= 11 is 1.37. The quantitative estimate of drug-likeness (QED) is 0.526. The van der Waals surface area contributed by atoms with Gasteiger partial charge in [0.15, 0.2) is 10.7 Å². The Labute approximate surface area is 158 Å². The lowest BCUT2D eigenvalue weighted by molar-refractivity contribution is 0.0518. The molecule has 4 rings (SSSR count). The molecule has 0 aliphatic heterocycles. The number of ether oxygens (including phenoxy) is 1. The van der Waals surface area contributed by atoms with Crippen LogP contribution in [-0.2, 0) is 4.74 Å². The van der Waals surface area contributed by atoms with Crippen LogP contribution in [0.15, 0.2) is 58.7 Å². The molecule has 0 bridgehead atoms. The number of rotatable bonds is 5. The highest BCUT2D eigenvalue weighted by Crippen LogP contribution is 2.26. The zero-order valence-electron chi connectivity index (χ0n) is 14.3. The molecule has 7 nitrogen and oxygen atoms in total. The molecule has 3 aromatic heterocycles. The van der Waals surface area contributed by atoms with E-state index in [2.05, 4.69) is 10.3 Å². The Morgan fingerprint density at radius 1 is 1.30 bits per heavy atom. The van der Waals surface area contributed by atoms with E-state index in [9.17, 15) is 9.59 Å². The van der Waals surface area contributed by atoms with Crippen LogP contribution >= 0.6 is 11.3 Å². The highest BCUT2D eigenvalue weighted by Gasteiger charge is 2.16. The van der Waals surface area contributed by atoms with E-state index in [0.29, 0.717) is 28.6 Å². The highest BCUT2D eigenvalue weighted by atomic mass is 32.1. The number of nitrogens with one attached hydrogen (secondary N) is 1. The number of furan rings is 1. The van der Waals surface area contributed by atoms with Gasteiger partial charge in [-0.05, 0) is 31.2 Å². The third-order valence-electron chi connectivity index (χ3n) is 3.85. The summed E-state index contributed by atoms with van der Waals surface area (Å²) in [6.45, 7) is 2.08. The summed E-state index contributed by atoms with van der Waals surface area (Å²) in [5.41, 5.74) is 2.58. The first-order valence-electron chi connectivity index (χ1n) is 8.24. The van der Waals surface area contributed by atoms with Crippen molar-refractivity contribution in [3.8, 4) is 11.3 Å². The molecule has 0 unspecified atom stereocenters. The predicted octanol–water partition coefficient (Wildman–Crippen LogP) is 4.08. The molecule has 0 aliphatic rings. The van der Waals surface area contributed by atoms with E-state index in [4.69, 9.17) is 9.15 Å². The van der Waals surface area contributed by atoms with Crippen LogP contribution in [0.4, 0.5) is 5.69 Å². The second-order valence-corrected chi connectivity index (χ2v) is 6.47. The summed E-state index contributed by atoms with van der Waals surface area (Å²) in [5.74, 6) is -0.471. The largest absolute Gasteiger partial charge is 0.461 e. The molecule has 0 saturated heterocycles. The molecule has 1 amide bonds. The van der Waals surface area contributed by atoms with Gasteiger partial charge in [-0.15, -0.1) is 11.3 Å². The van der Waals surface area contributed by atoms with Crippen LogP contribution in [0.1, 0.15) is 28.0 Å². The second kappa shape index (κ2) is 7.08. The Bertz CT molecular complexity index is 1110. The van der Waals surface area contributed by atoms with Crippen LogP contribution in [0.2, 0.25) is 0 Å². The molecule has 4 aromatic rings. The van der Waals surface area contributed by atoms with Crippen LogP contribution in [-0.4, -0.2) is 27.9 Å². The minimum atomic E-state index is -0.382. The van der Waals surface area contributed by atoms with Crippen molar-refractivity contribution >= 4 is 33.9 Å². The van der Waals surface area contributed by atoms with Crippen LogP contribution < -0.4 is 5.32 Å². The fourth-order valence-electron chi connectivity index (χ4n) is 2.63. The number of aromatic nitrogens is 2. The third kappa shape index (κ3) is 3.34. The SMILES string of the molecule is CCOC(=O)c1csc2nc(-c3cccc(NC(=O)c4ccco4)c3)cn12. The van der Waals surface area contributed by atoms with E-state index >= 15 is 0 Å². The monoisotopic (exact) mass is 381 g/mol. The number of carbonyl (C=O) groups excluding carboxylic acids is 2. The molecule has 0 atom stereocenters. The minimum Gasteiger partial charge on any atom is -0.461 e. The van der Waals surface area contributed by atoms with Crippen molar-refractivity contribution in [3.05, 3.63) is 65.7 Å². The summed E-state index contributed by atoms with van der Waals surface area (Å²) in [5, 5.41) is 4.52. The number of esters is 1. The fourth-order valence-corrected chi connectivity index (χ4v) is 3.47. The molecule has 0 fully saturated rings. The number of imidazole rings is 1. The summed E-state index contributed by atoms with van der Waals surface area (Å²) in [7, 11) is 0. The number of carbonyl (C=O) groups is 2. The number of fused-ring (bicyclic) bond motifs is 1. The Hall–Kier alpha value is -3.39.